The van der Waals surface area contributed by atoms with E-state index in [1.54, 1.807) is 6.07 Å². The van der Waals surface area contributed by atoms with E-state index in [1.807, 2.05) is 23.1 Å². The SMILES string of the molecule is COc1nc2cc(N3CCOCC3)c(F)cc2n1C(=O)NCCCCc1ccccc1. The number of unbranched alkanes of at least 4 members (excludes halogenated alkanes) is 1. The molecule has 2 aromatic carbocycles. The van der Waals surface area contributed by atoms with Gasteiger partial charge in [0.25, 0.3) is 0 Å². The van der Waals surface area contributed by atoms with Crippen LogP contribution in [0.15, 0.2) is 42.5 Å². The second-order valence-corrected chi connectivity index (χ2v) is 7.50. The summed E-state index contributed by atoms with van der Waals surface area (Å²) in [6, 6.07) is 13.0. The molecule has 1 N–H and O–H groups in total. The van der Waals surface area contributed by atoms with Crippen molar-refractivity contribution < 1.29 is 18.7 Å². The van der Waals surface area contributed by atoms with E-state index < -0.39 is 5.82 Å². The fourth-order valence-electron chi connectivity index (χ4n) is 3.82. The van der Waals surface area contributed by atoms with Gasteiger partial charge in [-0.25, -0.2) is 13.8 Å². The molecule has 1 aliphatic heterocycles. The molecule has 2 heterocycles. The number of nitrogens with zero attached hydrogens (tertiary/aromatic N) is 3. The Hall–Kier alpha value is -3.13. The number of imidazole rings is 1. The van der Waals surface area contributed by atoms with Crippen molar-refractivity contribution in [2.24, 2.45) is 0 Å². The van der Waals surface area contributed by atoms with Gasteiger partial charge in [0.2, 0.25) is 0 Å². The summed E-state index contributed by atoms with van der Waals surface area (Å²) in [5, 5.41) is 2.89. The number of hydrogen-bond acceptors (Lipinski definition) is 5. The van der Waals surface area contributed by atoms with Crippen LogP contribution in [-0.2, 0) is 11.2 Å². The van der Waals surface area contributed by atoms with Crippen molar-refractivity contribution in [3.63, 3.8) is 0 Å². The maximum atomic E-state index is 14.9. The van der Waals surface area contributed by atoms with Crippen molar-refractivity contribution in [3.05, 3.63) is 53.8 Å². The first-order chi connectivity index (χ1) is 15.2. The molecule has 0 saturated carbocycles. The van der Waals surface area contributed by atoms with E-state index in [0.29, 0.717) is 49.6 Å². The number of hydrogen-bond donors (Lipinski definition) is 1. The Balaban J connectivity index is 1.44. The minimum atomic E-state index is -0.395. The molecule has 0 spiro atoms. The molecule has 0 unspecified atom stereocenters. The van der Waals surface area contributed by atoms with Gasteiger partial charge in [-0.3, -0.25) is 0 Å². The monoisotopic (exact) mass is 426 g/mol. The number of morpholine rings is 1. The normalized spacial score (nSPS) is 14.1. The molecule has 0 atom stereocenters. The van der Waals surface area contributed by atoms with Crippen LogP contribution in [0.3, 0.4) is 0 Å². The minimum Gasteiger partial charge on any atom is -0.468 e. The Morgan fingerprint density at radius 1 is 1.19 bits per heavy atom. The molecule has 0 aliphatic carbocycles. The maximum absolute atomic E-state index is 14.9. The van der Waals surface area contributed by atoms with Crippen LogP contribution in [0.1, 0.15) is 18.4 Å². The molecule has 0 bridgehead atoms. The molecule has 3 aromatic rings. The van der Waals surface area contributed by atoms with E-state index in [0.717, 1.165) is 19.3 Å². The van der Waals surface area contributed by atoms with E-state index >= 15 is 0 Å². The van der Waals surface area contributed by atoms with Crippen LogP contribution in [0, 0.1) is 5.82 Å². The number of aryl methyl sites for hydroxylation is 1. The zero-order chi connectivity index (χ0) is 21.6. The van der Waals surface area contributed by atoms with Gasteiger partial charge in [-0.05, 0) is 30.9 Å². The molecule has 1 aliphatic rings. The predicted molar refractivity (Wildman–Crippen MR) is 117 cm³/mol. The summed E-state index contributed by atoms with van der Waals surface area (Å²) in [6.07, 6.45) is 2.76. The number of carbonyl (C=O) groups excluding carboxylic acids is 1. The van der Waals surface area contributed by atoms with Gasteiger partial charge in [-0.2, -0.15) is 4.98 Å². The van der Waals surface area contributed by atoms with Crippen molar-refractivity contribution in [2.45, 2.75) is 19.3 Å². The van der Waals surface area contributed by atoms with Crippen molar-refractivity contribution >= 4 is 22.8 Å². The summed E-state index contributed by atoms with van der Waals surface area (Å²) < 4.78 is 26.8. The Labute approximate surface area is 180 Å². The number of aromatic nitrogens is 2. The number of amides is 1. The van der Waals surface area contributed by atoms with E-state index in [-0.39, 0.29) is 12.0 Å². The number of benzene rings is 2. The highest BCUT2D eigenvalue weighted by atomic mass is 19.1. The summed E-state index contributed by atoms with van der Waals surface area (Å²) in [5.41, 5.74) is 2.64. The Morgan fingerprint density at radius 2 is 1.97 bits per heavy atom. The van der Waals surface area contributed by atoms with Crippen LogP contribution in [0.25, 0.3) is 11.0 Å². The number of nitrogens with one attached hydrogen (secondary N) is 1. The largest absolute Gasteiger partial charge is 0.468 e. The fraction of sp³-hybridized carbons (Fsp3) is 0.391. The molecular weight excluding hydrogens is 399 g/mol. The van der Waals surface area contributed by atoms with Gasteiger partial charge in [-0.15, -0.1) is 0 Å². The van der Waals surface area contributed by atoms with Gasteiger partial charge in [-0.1, -0.05) is 30.3 Å². The van der Waals surface area contributed by atoms with Crippen LogP contribution in [0.2, 0.25) is 0 Å². The first kappa shape index (κ1) is 21.1. The molecule has 4 rings (SSSR count). The second kappa shape index (κ2) is 9.78. The molecule has 0 radical (unpaired) electrons. The Morgan fingerprint density at radius 3 is 2.71 bits per heavy atom. The van der Waals surface area contributed by atoms with Gasteiger partial charge >= 0.3 is 12.0 Å². The van der Waals surface area contributed by atoms with E-state index in [9.17, 15) is 9.18 Å². The van der Waals surface area contributed by atoms with Gasteiger partial charge in [0.15, 0.2) is 0 Å². The number of fused-ring (bicyclic) bond motifs is 1. The van der Waals surface area contributed by atoms with Crippen LogP contribution in [0.5, 0.6) is 6.01 Å². The first-order valence-corrected chi connectivity index (χ1v) is 10.6. The Bertz CT molecular complexity index is 1030. The number of ether oxygens (including phenoxy) is 2. The number of halogens is 1. The molecule has 31 heavy (non-hydrogen) atoms. The highest BCUT2D eigenvalue weighted by Crippen LogP contribution is 2.29. The van der Waals surface area contributed by atoms with Crippen molar-refractivity contribution in [1.29, 1.82) is 0 Å². The predicted octanol–water partition coefficient (Wildman–Crippen LogP) is 3.60. The van der Waals surface area contributed by atoms with Gasteiger partial charge < -0.3 is 19.7 Å². The van der Waals surface area contributed by atoms with Crippen LogP contribution < -0.4 is 15.0 Å². The Kier molecular flexibility index (Phi) is 6.66. The van der Waals surface area contributed by atoms with Crippen molar-refractivity contribution in [1.82, 2.24) is 14.9 Å². The summed E-state index contributed by atoms with van der Waals surface area (Å²) in [4.78, 5) is 19.1. The highest BCUT2D eigenvalue weighted by Gasteiger charge is 2.22. The lowest BCUT2D eigenvalue weighted by molar-refractivity contribution is 0.122. The lowest BCUT2D eigenvalue weighted by Gasteiger charge is -2.29. The molecule has 8 heteroatoms. The molecule has 1 amide bonds. The molecular formula is C23H27FN4O3. The molecule has 1 aromatic heterocycles. The zero-order valence-electron chi connectivity index (χ0n) is 17.6. The first-order valence-electron chi connectivity index (χ1n) is 10.6. The van der Waals surface area contributed by atoms with Crippen molar-refractivity contribution in [3.8, 4) is 6.01 Å². The minimum absolute atomic E-state index is 0.135. The highest BCUT2D eigenvalue weighted by molar-refractivity contribution is 5.92. The molecule has 1 fully saturated rings. The van der Waals surface area contributed by atoms with Crippen LogP contribution >= 0.6 is 0 Å². The average Bonchev–Trinajstić information content (AvgIpc) is 3.17. The lowest BCUT2D eigenvalue weighted by Crippen LogP contribution is -2.36. The molecule has 1 saturated heterocycles. The van der Waals surface area contributed by atoms with Gasteiger partial charge in [0.1, 0.15) is 5.82 Å². The zero-order valence-corrected chi connectivity index (χ0v) is 17.6. The summed E-state index contributed by atoms with van der Waals surface area (Å²) in [5.74, 6) is -0.395. The number of rotatable bonds is 7. The topological polar surface area (TPSA) is 68.6 Å². The smallest absolute Gasteiger partial charge is 0.330 e. The van der Waals surface area contributed by atoms with E-state index in [2.05, 4.69) is 22.4 Å². The van der Waals surface area contributed by atoms with Gasteiger partial charge in [0.05, 0.1) is 37.0 Å². The second-order valence-electron chi connectivity index (χ2n) is 7.50. The summed E-state index contributed by atoms with van der Waals surface area (Å²) in [7, 11) is 1.45. The van der Waals surface area contributed by atoms with E-state index in [4.69, 9.17) is 9.47 Å². The fourth-order valence-corrected chi connectivity index (χ4v) is 3.82. The standard InChI is InChI=1S/C23H27FN4O3/c1-30-23-26-19-16-20(27-11-13-31-14-12-27)18(24)15-21(19)28(23)22(29)25-10-6-5-9-17-7-3-2-4-8-17/h2-4,7-8,15-16H,5-6,9-14H2,1H3,(H,25,29). The quantitative estimate of drug-likeness (QED) is 0.585. The van der Waals surface area contributed by atoms with Crippen LogP contribution in [-0.4, -0.2) is 55.5 Å². The third-order valence-corrected chi connectivity index (χ3v) is 5.44. The number of anilines is 1. The van der Waals surface area contributed by atoms with Crippen LogP contribution in [0.4, 0.5) is 14.9 Å². The molecule has 7 nitrogen and oxygen atoms in total. The maximum Gasteiger partial charge on any atom is 0.330 e. The average molecular weight is 426 g/mol. The lowest BCUT2D eigenvalue weighted by atomic mass is 10.1. The molecule has 164 valence electrons. The van der Waals surface area contributed by atoms with Gasteiger partial charge in [0, 0.05) is 25.7 Å². The third-order valence-electron chi connectivity index (χ3n) is 5.44. The summed E-state index contributed by atoms with van der Waals surface area (Å²) >= 11 is 0. The van der Waals surface area contributed by atoms with Crippen molar-refractivity contribution in [2.75, 3.05) is 44.9 Å². The number of carbonyl (C=O) groups is 1. The number of methoxy groups -OCH3 is 1. The van der Waals surface area contributed by atoms with E-state index in [1.165, 1.54) is 23.3 Å². The third kappa shape index (κ3) is 4.80. The summed E-state index contributed by atoms with van der Waals surface area (Å²) in [6.45, 7) is 2.86.